The summed E-state index contributed by atoms with van der Waals surface area (Å²) in [6, 6.07) is 0. The molecule has 1 aliphatic heterocycles. The summed E-state index contributed by atoms with van der Waals surface area (Å²) < 4.78 is 15.3. The highest BCUT2D eigenvalue weighted by molar-refractivity contribution is 9.14. The van der Waals surface area contributed by atoms with E-state index in [-0.39, 0.29) is 34.1 Å². The lowest BCUT2D eigenvalue weighted by molar-refractivity contribution is -0.117. The van der Waals surface area contributed by atoms with Gasteiger partial charge in [-0.05, 0) is 28.8 Å². The lowest BCUT2D eigenvalue weighted by Gasteiger charge is -2.17. The highest BCUT2D eigenvalue weighted by atomic mass is 79.9. The van der Waals surface area contributed by atoms with E-state index < -0.39 is 0 Å². The normalized spacial score (nSPS) is 22.9. The van der Waals surface area contributed by atoms with Crippen LogP contribution in [0.1, 0.15) is 37.9 Å². The minimum atomic E-state index is -0.250. The Bertz CT molecular complexity index is 549. The number of hydrogen-bond acceptors (Lipinski definition) is 3. The lowest BCUT2D eigenvalue weighted by atomic mass is 10.1. The van der Waals surface area contributed by atoms with E-state index in [0.717, 1.165) is 12.8 Å². The minimum Gasteiger partial charge on any atom is -0.293 e. The molecule has 1 aromatic heterocycles. The van der Waals surface area contributed by atoms with Crippen molar-refractivity contribution in [1.29, 1.82) is 0 Å². The molecule has 1 aromatic rings. The Morgan fingerprint density at radius 2 is 2.28 bits per heavy atom. The molecular formula is C11H12BrFN4O. The zero-order valence-electron chi connectivity index (χ0n) is 9.78. The second kappa shape index (κ2) is 4.15. The highest BCUT2D eigenvalue weighted by Crippen LogP contribution is 2.36. The first kappa shape index (κ1) is 11.8. The van der Waals surface area contributed by atoms with Crippen molar-refractivity contribution in [3.63, 3.8) is 0 Å². The zero-order chi connectivity index (χ0) is 12.9. The summed E-state index contributed by atoms with van der Waals surface area (Å²) in [4.78, 5) is 15.9. The van der Waals surface area contributed by atoms with Gasteiger partial charge in [0.2, 0.25) is 11.9 Å². The van der Waals surface area contributed by atoms with Crippen molar-refractivity contribution in [2.24, 2.45) is 5.92 Å². The van der Waals surface area contributed by atoms with Gasteiger partial charge in [0.1, 0.15) is 16.3 Å². The molecule has 3 rings (SSSR count). The van der Waals surface area contributed by atoms with Crippen LogP contribution in [-0.2, 0) is 4.79 Å². The molecule has 1 atom stereocenters. The molecule has 0 aromatic carbocycles. The predicted octanol–water partition coefficient (Wildman–Crippen LogP) is 2.62. The number of rotatable bonds is 2. The molecule has 1 saturated carbocycles. The van der Waals surface area contributed by atoms with Gasteiger partial charge in [-0.15, -0.1) is 5.10 Å². The van der Waals surface area contributed by atoms with Crippen LogP contribution in [-0.4, -0.2) is 20.7 Å². The number of carbonyl (C=O) groups is 1. The van der Waals surface area contributed by atoms with E-state index in [2.05, 4.69) is 31.3 Å². The van der Waals surface area contributed by atoms with Gasteiger partial charge < -0.3 is 0 Å². The molecule has 0 bridgehead atoms. The topological polar surface area (TPSA) is 59.8 Å². The summed E-state index contributed by atoms with van der Waals surface area (Å²) >= 11 is 3.15. The van der Waals surface area contributed by atoms with E-state index in [4.69, 9.17) is 0 Å². The Labute approximate surface area is 112 Å². The summed E-state index contributed by atoms with van der Waals surface area (Å²) in [7, 11) is 0. The maximum atomic E-state index is 13.6. The Morgan fingerprint density at radius 1 is 1.56 bits per heavy atom. The monoisotopic (exact) mass is 314 g/mol. The van der Waals surface area contributed by atoms with Gasteiger partial charge in [-0.3, -0.25) is 10.1 Å². The number of amides is 1. The number of fused-ring (bicyclic) bond motifs is 1. The van der Waals surface area contributed by atoms with Crippen LogP contribution in [0, 0.1) is 5.92 Å². The van der Waals surface area contributed by atoms with Crippen LogP contribution in [0.3, 0.4) is 0 Å². The number of carbonyl (C=O) groups excluding carboxylic acids is 1. The molecule has 96 valence electrons. The Kier molecular flexibility index (Phi) is 2.73. The van der Waals surface area contributed by atoms with Crippen LogP contribution < -0.4 is 5.32 Å². The van der Waals surface area contributed by atoms with Crippen LogP contribution in [0.2, 0.25) is 0 Å². The molecular weight excluding hydrogens is 303 g/mol. The first-order valence-electron chi connectivity index (χ1n) is 5.88. The predicted molar refractivity (Wildman–Crippen MR) is 67.7 cm³/mol. The third kappa shape index (κ3) is 1.96. The highest BCUT2D eigenvalue weighted by Gasteiger charge is 2.32. The maximum absolute atomic E-state index is 13.6. The molecule has 2 aliphatic rings. The second-order valence-corrected chi connectivity index (χ2v) is 5.52. The molecule has 0 saturated heterocycles. The Hall–Kier alpha value is -1.24. The summed E-state index contributed by atoms with van der Waals surface area (Å²) in [5.74, 6) is 0.657. The van der Waals surface area contributed by atoms with Gasteiger partial charge in [-0.25, -0.2) is 9.07 Å². The Balaban J connectivity index is 1.89. The molecule has 1 unspecified atom stereocenters. The maximum Gasteiger partial charge on any atom is 0.249 e. The van der Waals surface area contributed by atoms with Crippen molar-refractivity contribution >= 4 is 32.4 Å². The molecule has 1 amide bonds. The number of nitrogens with zero attached hydrogens (tertiary/aromatic N) is 3. The molecule has 0 spiro atoms. The summed E-state index contributed by atoms with van der Waals surface area (Å²) in [5, 5.41) is 6.78. The molecule has 5 nitrogen and oxygen atoms in total. The molecule has 2 heterocycles. The molecule has 0 radical (unpaired) electrons. The van der Waals surface area contributed by atoms with Crippen molar-refractivity contribution in [3.8, 4) is 0 Å². The van der Waals surface area contributed by atoms with Crippen LogP contribution in [0.5, 0.6) is 0 Å². The first-order chi connectivity index (χ1) is 8.56. The summed E-state index contributed by atoms with van der Waals surface area (Å²) in [6.07, 6.45) is 2.15. The smallest absolute Gasteiger partial charge is 0.249 e. The number of nitrogens with one attached hydrogen (secondary N) is 1. The molecule has 7 heteroatoms. The standard InChI is InChI=1S/C11H12BrFN4O/c1-5-4-7(13)8(12)17-9(5)14-11(16-17)15-10(18)6-2-3-6/h5-6H,2-4H2,1H3,(H,15,16,18). The summed E-state index contributed by atoms with van der Waals surface area (Å²) in [6.45, 7) is 1.88. The quantitative estimate of drug-likeness (QED) is 0.912. The number of allylic oxidation sites excluding steroid dienone is 1. The van der Waals surface area contributed by atoms with E-state index in [9.17, 15) is 9.18 Å². The van der Waals surface area contributed by atoms with Crippen molar-refractivity contribution in [2.75, 3.05) is 5.32 Å². The van der Waals surface area contributed by atoms with E-state index in [1.165, 1.54) is 4.68 Å². The molecule has 1 fully saturated rings. The van der Waals surface area contributed by atoms with E-state index >= 15 is 0 Å². The number of hydrogen-bond donors (Lipinski definition) is 1. The lowest BCUT2D eigenvalue weighted by Crippen LogP contribution is -2.14. The van der Waals surface area contributed by atoms with Gasteiger partial charge in [0.15, 0.2) is 0 Å². The van der Waals surface area contributed by atoms with Gasteiger partial charge in [-0.1, -0.05) is 6.92 Å². The average Bonchev–Trinajstić information content (AvgIpc) is 3.08. The van der Waals surface area contributed by atoms with E-state index in [1.807, 2.05) is 6.92 Å². The van der Waals surface area contributed by atoms with Crippen LogP contribution in [0.4, 0.5) is 10.3 Å². The fraction of sp³-hybridized carbons (Fsp3) is 0.545. The summed E-state index contributed by atoms with van der Waals surface area (Å²) in [5.41, 5.74) is 0. The fourth-order valence-corrected chi connectivity index (χ4v) is 2.38. The van der Waals surface area contributed by atoms with Gasteiger partial charge in [0, 0.05) is 18.3 Å². The van der Waals surface area contributed by atoms with E-state index in [0.29, 0.717) is 12.2 Å². The second-order valence-electron chi connectivity index (χ2n) is 4.77. The van der Waals surface area contributed by atoms with Crippen LogP contribution in [0.15, 0.2) is 5.83 Å². The molecule has 1 aliphatic carbocycles. The van der Waals surface area contributed by atoms with Crippen LogP contribution >= 0.6 is 15.9 Å². The molecule has 18 heavy (non-hydrogen) atoms. The average molecular weight is 315 g/mol. The Morgan fingerprint density at radius 3 is 2.94 bits per heavy atom. The number of halogens is 2. The number of anilines is 1. The van der Waals surface area contributed by atoms with Gasteiger partial charge in [0.05, 0.1) is 0 Å². The van der Waals surface area contributed by atoms with Crippen LogP contribution in [0.25, 0.3) is 4.61 Å². The van der Waals surface area contributed by atoms with Crippen molar-refractivity contribution < 1.29 is 9.18 Å². The largest absolute Gasteiger partial charge is 0.293 e. The zero-order valence-corrected chi connectivity index (χ0v) is 11.4. The third-order valence-electron chi connectivity index (χ3n) is 3.15. The van der Waals surface area contributed by atoms with Crippen molar-refractivity contribution in [3.05, 3.63) is 11.7 Å². The number of aromatic nitrogens is 3. The van der Waals surface area contributed by atoms with E-state index in [1.54, 1.807) is 0 Å². The van der Waals surface area contributed by atoms with Gasteiger partial charge in [0.25, 0.3) is 0 Å². The first-order valence-corrected chi connectivity index (χ1v) is 6.68. The molecule has 1 N–H and O–H groups in total. The fourth-order valence-electron chi connectivity index (χ4n) is 1.96. The SMILES string of the molecule is CC1CC(F)=C(Br)n2nc(NC(=O)C3CC3)nc21. The third-order valence-corrected chi connectivity index (χ3v) is 3.92. The van der Waals surface area contributed by atoms with Gasteiger partial charge >= 0.3 is 0 Å². The van der Waals surface area contributed by atoms with Gasteiger partial charge in [-0.2, -0.15) is 4.98 Å². The van der Waals surface area contributed by atoms with Crippen molar-refractivity contribution in [1.82, 2.24) is 14.8 Å². The minimum absolute atomic E-state index is 0.0498. The van der Waals surface area contributed by atoms with Crippen molar-refractivity contribution in [2.45, 2.75) is 32.1 Å².